The van der Waals surface area contributed by atoms with Crippen molar-refractivity contribution in [3.05, 3.63) is 117 Å². The van der Waals surface area contributed by atoms with Crippen LogP contribution in [0.1, 0.15) is 29.7 Å². The van der Waals surface area contributed by atoms with Crippen LogP contribution in [0.2, 0.25) is 0 Å². The first-order valence-corrected chi connectivity index (χ1v) is 14.6. The zero-order chi connectivity index (χ0) is 27.7. The number of halogens is 2. The van der Waals surface area contributed by atoms with E-state index in [1.807, 2.05) is 65.1 Å². The summed E-state index contributed by atoms with van der Waals surface area (Å²) in [6.07, 6.45) is 1.64. The van der Waals surface area contributed by atoms with Gasteiger partial charge in [-0.05, 0) is 65.4 Å². The predicted molar refractivity (Wildman–Crippen MR) is 163 cm³/mol. The molecule has 3 aromatic carbocycles. The van der Waals surface area contributed by atoms with Crippen LogP contribution >= 0.6 is 49.9 Å². The van der Waals surface area contributed by atoms with Crippen LogP contribution in [-0.2, 0) is 9.53 Å². The van der Waals surface area contributed by atoms with Crippen LogP contribution in [0.3, 0.4) is 0 Å². The number of carbonyl (C=O) groups is 1. The minimum Gasteiger partial charge on any atom is -0.506 e. The maximum absolute atomic E-state index is 14.0. The van der Waals surface area contributed by atoms with Gasteiger partial charge in [0.25, 0.3) is 5.56 Å². The fourth-order valence-electron chi connectivity index (χ4n) is 4.40. The van der Waals surface area contributed by atoms with Crippen molar-refractivity contribution < 1.29 is 19.4 Å². The molecule has 0 aliphatic carbocycles. The van der Waals surface area contributed by atoms with Gasteiger partial charge in [-0.3, -0.25) is 9.36 Å². The van der Waals surface area contributed by atoms with Crippen LogP contribution in [0.4, 0.5) is 0 Å². The molecule has 0 amide bonds. The highest BCUT2D eigenvalue weighted by atomic mass is 127. The number of fused-ring (bicyclic) bond motifs is 1. The van der Waals surface area contributed by atoms with Gasteiger partial charge in [0.1, 0.15) is 11.5 Å². The lowest BCUT2D eigenvalue weighted by Gasteiger charge is -2.26. The van der Waals surface area contributed by atoms with Crippen LogP contribution in [0.25, 0.3) is 11.8 Å². The van der Waals surface area contributed by atoms with E-state index in [1.165, 1.54) is 15.9 Å². The van der Waals surface area contributed by atoms with Gasteiger partial charge >= 0.3 is 5.97 Å². The third-order valence-corrected chi connectivity index (χ3v) is 8.39. The number of esters is 1. The lowest BCUT2D eigenvalue weighted by atomic mass is 9.93. The summed E-state index contributed by atoms with van der Waals surface area (Å²) >= 11 is 6.69. The Morgan fingerprint density at radius 3 is 2.67 bits per heavy atom. The van der Waals surface area contributed by atoms with Gasteiger partial charge in [-0.2, -0.15) is 0 Å². The van der Waals surface area contributed by atoms with Gasteiger partial charge in [0.05, 0.1) is 39.1 Å². The normalized spacial score (nSPS) is 15.1. The number of methoxy groups -OCH3 is 1. The maximum atomic E-state index is 14.0. The molecule has 4 aromatic rings. The van der Waals surface area contributed by atoms with Gasteiger partial charge in [0.15, 0.2) is 4.80 Å². The Morgan fingerprint density at radius 1 is 1.18 bits per heavy atom. The Balaban J connectivity index is 1.86. The van der Waals surface area contributed by atoms with Crippen molar-refractivity contribution in [1.82, 2.24) is 4.57 Å². The van der Waals surface area contributed by atoms with E-state index in [9.17, 15) is 14.7 Å². The maximum Gasteiger partial charge on any atom is 0.338 e. The summed E-state index contributed by atoms with van der Waals surface area (Å²) in [5.41, 5.74) is 2.25. The lowest BCUT2D eigenvalue weighted by molar-refractivity contribution is -0.138. The fraction of sp³-hybridized carbons (Fsp3) is 0.138. The van der Waals surface area contributed by atoms with E-state index >= 15 is 0 Å². The molecule has 2 heterocycles. The van der Waals surface area contributed by atoms with Crippen LogP contribution in [0.5, 0.6) is 11.5 Å². The summed E-state index contributed by atoms with van der Waals surface area (Å²) in [6, 6.07) is 19.4. The van der Waals surface area contributed by atoms with Gasteiger partial charge in [0.2, 0.25) is 0 Å². The summed E-state index contributed by atoms with van der Waals surface area (Å²) < 4.78 is 14.3. The van der Waals surface area contributed by atoms with Gasteiger partial charge in [0, 0.05) is 15.6 Å². The molecule has 198 valence electrons. The topological polar surface area (TPSA) is 90.1 Å². The van der Waals surface area contributed by atoms with Crippen molar-refractivity contribution >= 4 is 67.6 Å². The minimum atomic E-state index is -0.816. The lowest BCUT2D eigenvalue weighted by Crippen LogP contribution is -2.40. The smallest absolute Gasteiger partial charge is 0.338 e. The molecule has 0 radical (unpaired) electrons. The summed E-state index contributed by atoms with van der Waals surface area (Å²) in [7, 11) is 1.56. The molecule has 1 aromatic heterocycles. The average Bonchev–Trinajstić information content (AvgIpc) is 3.25. The quantitative estimate of drug-likeness (QED) is 0.224. The highest BCUT2D eigenvalue weighted by Gasteiger charge is 2.35. The summed E-state index contributed by atoms with van der Waals surface area (Å²) in [5, 5.41) is 10.7. The van der Waals surface area contributed by atoms with Crippen molar-refractivity contribution in [2.75, 3.05) is 13.7 Å². The first kappa shape index (κ1) is 27.4. The molecule has 0 unspecified atom stereocenters. The number of benzene rings is 3. The molecule has 10 heteroatoms. The highest BCUT2D eigenvalue weighted by Crippen LogP contribution is 2.36. The second-order valence-corrected chi connectivity index (χ2v) is 11.6. The van der Waals surface area contributed by atoms with Gasteiger partial charge in [-0.1, -0.05) is 69.7 Å². The standard InChI is InChI=1S/C29H22BrIN2O5S/c1-3-38-28(36)23-24(16-8-5-4-6-9-16)32-29-33(25(23)17-10-7-11-20(13-17)37-2)27(35)22(39-29)14-18-12-19(30)15-21(31)26(18)34/h4-15,25,34H,3H2,1-2H3/b22-14-/t25-/m0/s1. The molecule has 0 bridgehead atoms. The minimum absolute atomic E-state index is 0.0752. The molecule has 0 fully saturated rings. The molecule has 1 atom stereocenters. The summed E-state index contributed by atoms with van der Waals surface area (Å²) in [6.45, 7) is 1.91. The summed E-state index contributed by atoms with van der Waals surface area (Å²) in [5.74, 6) is 0.109. The van der Waals surface area contributed by atoms with E-state index < -0.39 is 12.0 Å². The SMILES string of the molecule is CCOC(=O)C1=C(c2ccccc2)N=c2s/c(=C\c3cc(Br)cc(I)c3O)c(=O)n2[C@H]1c1cccc(OC)c1. The van der Waals surface area contributed by atoms with Crippen LogP contribution in [-0.4, -0.2) is 29.4 Å². The Labute approximate surface area is 250 Å². The summed E-state index contributed by atoms with van der Waals surface area (Å²) in [4.78, 5) is 32.8. The zero-order valence-electron chi connectivity index (χ0n) is 20.9. The van der Waals surface area contributed by atoms with Crippen molar-refractivity contribution in [1.29, 1.82) is 0 Å². The number of hydrogen-bond acceptors (Lipinski definition) is 7. The monoisotopic (exact) mass is 716 g/mol. The van der Waals surface area contributed by atoms with Gasteiger partial charge in [-0.25, -0.2) is 9.79 Å². The number of nitrogens with zero attached hydrogens (tertiary/aromatic N) is 2. The number of aromatic hydroxyl groups is 1. The number of phenolic OH excluding ortho intramolecular Hbond substituents is 1. The van der Waals surface area contributed by atoms with E-state index in [2.05, 4.69) is 15.9 Å². The molecular formula is C29H22BrIN2O5S. The molecule has 39 heavy (non-hydrogen) atoms. The molecular weight excluding hydrogens is 695 g/mol. The molecule has 1 aliphatic heterocycles. The Hall–Kier alpha value is -3.22. The Bertz CT molecular complexity index is 1800. The third-order valence-electron chi connectivity index (χ3n) is 6.13. The molecule has 0 saturated carbocycles. The van der Waals surface area contributed by atoms with Gasteiger partial charge in [-0.15, -0.1) is 0 Å². The fourth-order valence-corrected chi connectivity index (χ4v) is 6.95. The molecule has 0 saturated heterocycles. The molecule has 5 rings (SSSR count). The van der Waals surface area contributed by atoms with Crippen molar-refractivity contribution in [3.63, 3.8) is 0 Å². The first-order chi connectivity index (χ1) is 18.8. The number of thiazole rings is 1. The molecule has 7 nitrogen and oxygen atoms in total. The van der Waals surface area contributed by atoms with Crippen molar-refractivity contribution in [2.24, 2.45) is 4.99 Å². The van der Waals surface area contributed by atoms with E-state index in [-0.39, 0.29) is 23.5 Å². The van der Waals surface area contributed by atoms with Crippen LogP contribution < -0.4 is 19.6 Å². The van der Waals surface area contributed by atoms with E-state index in [0.717, 1.165) is 10.0 Å². The van der Waals surface area contributed by atoms with Crippen molar-refractivity contribution in [2.45, 2.75) is 13.0 Å². The van der Waals surface area contributed by atoms with E-state index in [0.29, 0.717) is 35.5 Å². The molecule has 1 aliphatic rings. The predicted octanol–water partition coefficient (Wildman–Crippen LogP) is 5.02. The number of phenols is 1. The Morgan fingerprint density at radius 2 is 1.95 bits per heavy atom. The average molecular weight is 717 g/mol. The number of hydrogen-bond donors (Lipinski definition) is 1. The molecule has 0 spiro atoms. The third kappa shape index (κ3) is 5.32. The van der Waals surface area contributed by atoms with E-state index in [4.69, 9.17) is 14.5 Å². The van der Waals surface area contributed by atoms with Crippen molar-refractivity contribution in [3.8, 4) is 11.5 Å². The number of rotatable bonds is 6. The zero-order valence-corrected chi connectivity index (χ0v) is 25.4. The van der Waals surface area contributed by atoms with Crippen LogP contribution in [0.15, 0.2) is 86.6 Å². The highest BCUT2D eigenvalue weighted by molar-refractivity contribution is 14.1. The number of carbonyl (C=O) groups excluding carboxylic acids is 1. The first-order valence-electron chi connectivity index (χ1n) is 11.9. The molecule has 1 N–H and O–H groups in total. The van der Waals surface area contributed by atoms with E-state index in [1.54, 1.807) is 44.4 Å². The second kappa shape index (κ2) is 11.5. The number of ether oxygens (including phenoxy) is 2. The Kier molecular flexibility index (Phi) is 8.06. The van der Waals surface area contributed by atoms with Gasteiger partial charge < -0.3 is 14.6 Å². The number of aromatic nitrogens is 1. The van der Waals surface area contributed by atoms with Crippen LogP contribution in [0, 0.1) is 3.57 Å². The largest absolute Gasteiger partial charge is 0.506 e. The second-order valence-electron chi connectivity index (χ2n) is 8.53.